The number of sulfone groups is 1. The van der Waals surface area contributed by atoms with Gasteiger partial charge >= 0.3 is 5.97 Å². The first-order valence-electron chi connectivity index (χ1n) is 8.43. The van der Waals surface area contributed by atoms with Gasteiger partial charge in [-0.05, 0) is 29.8 Å². The Morgan fingerprint density at radius 2 is 1.74 bits per heavy atom. The first kappa shape index (κ1) is 18.8. The fraction of sp³-hybridized carbons (Fsp3) is 0.200. The molecule has 0 saturated heterocycles. The molecular formula is C20H19NO5S. The topological polar surface area (TPSA) is 89.5 Å². The van der Waals surface area contributed by atoms with Crippen molar-refractivity contribution in [2.24, 2.45) is 5.92 Å². The fourth-order valence-electron chi connectivity index (χ4n) is 2.68. The number of hydrogen-bond donors (Lipinski definition) is 1. The van der Waals surface area contributed by atoms with Gasteiger partial charge in [-0.15, -0.1) is 0 Å². The molecule has 1 atom stereocenters. The molecule has 1 aliphatic rings. The van der Waals surface area contributed by atoms with Crippen molar-refractivity contribution in [3.05, 3.63) is 77.2 Å². The molecule has 0 radical (unpaired) electrons. The van der Waals surface area contributed by atoms with E-state index in [2.05, 4.69) is 5.32 Å². The molecule has 0 bridgehead atoms. The average Bonchev–Trinajstić information content (AvgIpc) is 2.99. The van der Waals surface area contributed by atoms with Gasteiger partial charge in [0.15, 0.2) is 9.84 Å². The Kier molecular flexibility index (Phi) is 5.71. The smallest absolute Gasteiger partial charge is 0.306 e. The lowest BCUT2D eigenvalue weighted by molar-refractivity contribution is -0.145. The van der Waals surface area contributed by atoms with Crippen LogP contribution in [0.2, 0.25) is 0 Å². The standard InChI is InChI=1S/C20H19NO5S/c22-19(12-16-10-11-27(24,25)14-16)26-13-15-6-8-17(9-7-15)20(23)21-18-4-2-1-3-5-18/h1-11,16H,12-14H2,(H,21,23)/t16-/m0/s1. The number of anilines is 1. The normalized spacial score (nSPS) is 17.4. The maximum Gasteiger partial charge on any atom is 0.306 e. The van der Waals surface area contributed by atoms with E-state index in [1.54, 1.807) is 36.4 Å². The third-order valence-electron chi connectivity index (χ3n) is 4.08. The highest BCUT2D eigenvalue weighted by molar-refractivity contribution is 7.94. The van der Waals surface area contributed by atoms with Crippen LogP contribution in [-0.2, 0) is 26.0 Å². The Labute approximate surface area is 157 Å². The molecule has 1 amide bonds. The Morgan fingerprint density at radius 3 is 2.37 bits per heavy atom. The lowest BCUT2D eigenvalue weighted by atomic mass is 10.1. The summed E-state index contributed by atoms with van der Waals surface area (Å²) in [6.45, 7) is 0.0720. The van der Waals surface area contributed by atoms with Gasteiger partial charge in [-0.25, -0.2) is 8.42 Å². The minimum atomic E-state index is -3.17. The second-order valence-electron chi connectivity index (χ2n) is 6.30. The predicted octanol–water partition coefficient (Wildman–Crippen LogP) is 2.93. The SMILES string of the molecule is O=C(C[C@@H]1C=CS(=O)(=O)C1)OCc1ccc(C(=O)Nc2ccccc2)cc1. The fourth-order valence-corrected chi connectivity index (χ4v) is 4.08. The van der Waals surface area contributed by atoms with E-state index in [9.17, 15) is 18.0 Å². The van der Waals surface area contributed by atoms with Gasteiger partial charge in [0.05, 0.1) is 12.2 Å². The molecule has 0 aliphatic carbocycles. The molecule has 1 heterocycles. The van der Waals surface area contributed by atoms with Crippen LogP contribution < -0.4 is 5.32 Å². The largest absolute Gasteiger partial charge is 0.461 e. The van der Waals surface area contributed by atoms with Crippen molar-refractivity contribution in [2.75, 3.05) is 11.1 Å². The number of amides is 1. The van der Waals surface area contributed by atoms with Crippen LogP contribution in [0.5, 0.6) is 0 Å². The van der Waals surface area contributed by atoms with Crippen LogP contribution in [-0.4, -0.2) is 26.0 Å². The Balaban J connectivity index is 1.48. The summed E-state index contributed by atoms with van der Waals surface area (Å²) in [4.78, 5) is 24.0. The number of rotatable bonds is 6. The second kappa shape index (κ2) is 8.18. The van der Waals surface area contributed by atoms with Crippen molar-refractivity contribution < 1.29 is 22.7 Å². The third kappa shape index (κ3) is 5.52. The molecule has 0 fully saturated rings. The number of esters is 1. The molecule has 1 N–H and O–H groups in total. The van der Waals surface area contributed by atoms with Crippen LogP contribution in [0, 0.1) is 5.92 Å². The van der Waals surface area contributed by atoms with Crippen molar-refractivity contribution in [3.8, 4) is 0 Å². The van der Waals surface area contributed by atoms with E-state index in [0.29, 0.717) is 11.3 Å². The number of hydrogen-bond acceptors (Lipinski definition) is 5. The zero-order chi connectivity index (χ0) is 19.3. The van der Waals surface area contributed by atoms with E-state index in [1.807, 2.05) is 18.2 Å². The molecule has 6 nitrogen and oxygen atoms in total. The van der Waals surface area contributed by atoms with Gasteiger partial charge < -0.3 is 10.1 Å². The summed E-state index contributed by atoms with van der Waals surface area (Å²) < 4.78 is 27.9. The molecule has 2 aromatic carbocycles. The van der Waals surface area contributed by atoms with E-state index in [0.717, 1.165) is 11.0 Å². The summed E-state index contributed by atoms with van der Waals surface area (Å²) in [5, 5.41) is 3.94. The minimum Gasteiger partial charge on any atom is -0.461 e. The van der Waals surface area contributed by atoms with Crippen molar-refractivity contribution in [2.45, 2.75) is 13.0 Å². The molecule has 0 unspecified atom stereocenters. The Hall–Kier alpha value is -2.93. The molecule has 140 valence electrons. The van der Waals surface area contributed by atoms with Crippen LogP contribution in [0.25, 0.3) is 0 Å². The molecule has 0 spiro atoms. The van der Waals surface area contributed by atoms with Gasteiger partial charge in [0, 0.05) is 22.6 Å². The van der Waals surface area contributed by atoms with E-state index in [-0.39, 0.29) is 30.6 Å². The van der Waals surface area contributed by atoms with Crippen molar-refractivity contribution in [3.63, 3.8) is 0 Å². The maximum atomic E-state index is 12.2. The molecular weight excluding hydrogens is 366 g/mol. The van der Waals surface area contributed by atoms with Crippen molar-refractivity contribution in [1.82, 2.24) is 0 Å². The summed E-state index contributed by atoms with van der Waals surface area (Å²) in [6, 6.07) is 15.9. The van der Waals surface area contributed by atoms with Crippen molar-refractivity contribution in [1.29, 1.82) is 0 Å². The Morgan fingerprint density at radius 1 is 1.04 bits per heavy atom. The van der Waals surface area contributed by atoms with Crippen molar-refractivity contribution >= 4 is 27.4 Å². The quantitative estimate of drug-likeness (QED) is 0.772. The number of para-hydroxylation sites is 1. The van der Waals surface area contributed by atoms with Gasteiger partial charge in [0.2, 0.25) is 0 Å². The second-order valence-corrected chi connectivity index (χ2v) is 8.23. The van der Waals surface area contributed by atoms with Gasteiger partial charge in [-0.1, -0.05) is 36.4 Å². The number of nitrogens with one attached hydrogen (secondary N) is 1. The highest BCUT2D eigenvalue weighted by Crippen LogP contribution is 2.19. The monoisotopic (exact) mass is 385 g/mol. The number of carbonyl (C=O) groups excluding carboxylic acids is 2. The van der Waals surface area contributed by atoms with Crippen LogP contribution in [0.15, 0.2) is 66.1 Å². The van der Waals surface area contributed by atoms with E-state index >= 15 is 0 Å². The number of carbonyl (C=O) groups is 2. The van der Waals surface area contributed by atoms with E-state index in [4.69, 9.17) is 4.74 Å². The van der Waals surface area contributed by atoms with Crippen LogP contribution in [0.4, 0.5) is 5.69 Å². The van der Waals surface area contributed by atoms with Crippen LogP contribution in [0.3, 0.4) is 0 Å². The minimum absolute atomic E-state index is 0.0350. The van der Waals surface area contributed by atoms with Gasteiger partial charge in [0.1, 0.15) is 6.61 Å². The number of benzene rings is 2. The molecule has 0 aromatic heterocycles. The van der Waals surface area contributed by atoms with Gasteiger partial charge in [0.25, 0.3) is 5.91 Å². The maximum absolute atomic E-state index is 12.2. The molecule has 1 aliphatic heterocycles. The highest BCUT2D eigenvalue weighted by atomic mass is 32.2. The predicted molar refractivity (Wildman–Crippen MR) is 102 cm³/mol. The summed E-state index contributed by atoms with van der Waals surface area (Å²) in [7, 11) is -3.17. The zero-order valence-corrected chi connectivity index (χ0v) is 15.3. The van der Waals surface area contributed by atoms with E-state index in [1.165, 1.54) is 6.08 Å². The van der Waals surface area contributed by atoms with E-state index < -0.39 is 15.8 Å². The first-order chi connectivity index (χ1) is 12.9. The lowest BCUT2D eigenvalue weighted by Crippen LogP contribution is -2.14. The molecule has 27 heavy (non-hydrogen) atoms. The summed E-state index contributed by atoms with van der Waals surface area (Å²) in [6.07, 6.45) is 1.56. The van der Waals surface area contributed by atoms with Gasteiger partial charge in [-0.3, -0.25) is 9.59 Å². The Bertz CT molecular complexity index is 950. The third-order valence-corrected chi connectivity index (χ3v) is 5.55. The highest BCUT2D eigenvalue weighted by Gasteiger charge is 2.24. The summed E-state index contributed by atoms with van der Waals surface area (Å²) in [5.74, 6) is -1.05. The number of ether oxygens (including phenoxy) is 1. The molecule has 7 heteroatoms. The zero-order valence-electron chi connectivity index (χ0n) is 14.5. The molecule has 3 rings (SSSR count). The first-order valence-corrected chi connectivity index (χ1v) is 10.1. The average molecular weight is 385 g/mol. The lowest BCUT2D eigenvalue weighted by Gasteiger charge is -2.09. The van der Waals surface area contributed by atoms with Gasteiger partial charge in [-0.2, -0.15) is 0 Å². The van der Waals surface area contributed by atoms with Crippen LogP contribution in [0.1, 0.15) is 22.3 Å². The van der Waals surface area contributed by atoms with Crippen LogP contribution >= 0.6 is 0 Å². The molecule has 0 saturated carbocycles. The molecule has 2 aromatic rings. The summed E-state index contributed by atoms with van der Waals surface area (Å²) >= 11 is 0. The summed E-state index contributed by atoms with van der Waals surface area (Å²) in [5.41, 5.74) is 1.95. The number of allylic oxidation sites excluding steroid dienone is 1.